The molecule has 0 aromatic rings. The van der Waals surface area contributed by atoms with E-state index in [1.165, 1.54) is 13.0 Å². The van der Waals surface area contributed by atoms with E-state index >= 15 is 0 Å². The van der Waals surface area contributed by atoms with Crippen molar-refractivity contribution in [3.8, 4) is 0 Å². The molecule has 10 heavy (non-hydrogen) atoms. The number of ether oxygens (including phenoxy) is 1. The lowest BCUT2D eigenvalue weighted by molar-refractivity contribution is 0.0825. The van der Waals surface area contributed by atoms with Crippen molar-refractivity contribution < 1.29 is 4.74 Å². The van der Waals surface area contributed by atoms with Gasteiger partial charge in [0.15, 0.2) is 0 Å². The Labute approximate surface area is 62.5 Å². The zero-order chi connectivity index (χ0) is 7.40. The maximum Gasteiger partial charge on any atom is 0.0718 e. The monoisotopic (exact) mass is 141 g/mol. The fourth-order valence-corrected chi connectivity index (χ4v) is 1.23. The van der Waals surface area contributed by atoms with Crippen LogP contribution in [0, 0.1) is 0 Å². The molecule has 0 aromatic carbocycles. The van der Waals surface area contributed by atoms with E-state index in [1.807, 2.05) is 0 Å². The van der Waals surface area contributed by atoms with Crippen molar-refractivity contribution >= 4 is 0 Å². The molecule has 0 aliphatic carbocycles. The molecule has 1 aliphatic heterocycles. The number of likely N-dealkylation sites (tertiary alicyclic amines) is 1. The molecule has 2 heteroatoms. The second-order valence-electron chi connectivity index (χ2n) is 2.79. The third-order valence-electron chi connectivity index (χ3n) is 1.80. The van der Waals surface area contributed by atoms with Gasteiger partial charge in [0.25, 0.3) is 0 Å². The van der Waals surface area contributed by atoms with Crippen LogP contribution < -0.4 is 0 Å². The van der Waals surface area contributed by atoms with Crippen molar-refractivity contribution in [2.45, 2.75) is 12.5 Å². The molecule has 2 nitrogen and oxygen atoms in total. The smallest absolute Gasteiger partial charge is 0.0718 e. The Balaban J connectivity index is 2.12. The first-order chi connectivity index (χ1) is 4.83. The van der Waals surface area contributed by atoms with Gasteiger partial charge >= 0.3 is 0 Å². The third kappa shape index (κ3) is 2.12. The van der Waals surface area contributed by atoms with Crippen molar-refractivity contribution in [1.82, 2.24) is 4.90 Å². The first-order valence-electron chi connectivity index (χ1n) is 3.74. The van der Waals surface area contributed by atoms with Crippen molar-refractivity contribution in [2.24, 2.45) is 0 Å². The molecule has 1 aliphatic rings. The van der Waals surface area contributed by atoms with E-state index in [9.17, 15) is 0 Å². The molecular weight excluding hydrogens is 126 g/mol. The van der Waals surface area contributed by atoms with Crippen LogP contribution in [0.25, 0.3) is 0 Å². The summed E-state index contributed by atoms with van der Waals surface area (Å²) in [5.74, 6) is 0. The quantitative estimate of drug-likeness (QED) is 0.541. The molecule has 0 spiro atoms. The molecule has 1 fully saturated rings. The summed E-state index contributed by atoms with van der Waals surface area (Å²) < 4.78 is 5.46. The lowest BCUT2D eigenvalue weighted by Crippen LogP contribution is -2.19. The highest BCUT2D eigenvalue weighted by atomic mass is 16.5. The van der Waals surface area contributed by atoms with E-state index in [0.29, 0.717) is 12.7 Å². The Morgan fingerprint density at radius 2 is 2.60 bits per heavy atom. The van der Waals surface area contributed by atoms with Gasteiger partial charge in [0.05, 0.1) is 12.7 Å². The minimum Gasteiger partial charge on any atom is -0.373 e. The minimum atomic E-state index is 0.447. The molecule has 0 saturated carbocycles. The number of likely N-dealkylation sites (N-methyl/N-ethyl adjacent to an activating group) is 1. The Kier molecular flexibility index (Phi) is 2.90. The average molecular weight is 141 g/mol. The van der Waals surface area contributed by atoms with Crippen molar-refractivity contribution in [3.05, 3.63) is 12.7 Å². The molecule has 1 heterocycles. The highest BCUT2D eigenvalue weighted by Gasteiger charge is 2.18. The first kappa shape index (κ1) is 7.76. The largest absolute Gasteiger partial charge is 0.373 e. The Bertz CT molecular complexity index is 114. The van der Waals surface area contributed by atoms with Gasteiger partial charge in [0, 0.05) is 13.1 Å². The Morgan fingerprint density at radius 1 is 1.80 bits per heavy atom. The van der Waals surface area contributed by atoms with Crippen LogP contribution in [0.1, 0.15) is 6.42 Å². The highest BCUT2D eigenvalue weighted by Crippen LogP contribution is 2.09. The maximum atomic E-state index is 5.46. The summed E-state index contributed by atoms with van der Waals surface area (Å²) in [6.45, 7) is 6.54. The van der Waals surface area contributed by atoms with Gasteiger partial charge in [-0.2, -0.15) is 0 Å². The summed E-state index contributed by atoms with van der Waals surface area (Å²) in [6.07, 6.45) is 3.42. The standard InChI is InChI=1S/C8H15NO/c1-3-6-10-8-4-5-9(2)7-8/h3,8H,1,4-7H2,2H3. The van der Waals surface area contributed by atoms with Crippen LogP contribution in [0.3, 0.4) is 0 Å². The van der Waals surface area contributed by atoms with Crippen LogP contribution in [0.15, 0.2) is 12.7 Å². The van der Waals surface area contributed by atoms with Crippen LogP contribution in [-0.4, -0.2) is 37.7 Å². The van der Waals surface area contributed by atoms with Crippen LogP contribution in [-0.2, 0) is 4.74 Å². The summed E-state index contributed by atoms with van der Waals surface area (Å²) in [6, 6.07) is 0. The number of nitrogens with zero attached hydrogens (tertiary/aromatic N) is 1. The molecule has 1 unspecified atom stereocenters. The molecule has 0 N–H and O–H groups in total. The van der Waals surface area contributed by atoms with Gasteiger partial charge in [-0.15, -0.1) is 6.58 Å². The van der Waals surface area contributed by atoms with E-state index in [4.69, 9.17) is 4.74 Å². The highest BCUT2D eigenvalue weighted by molar-refractivity contribution is 4.75. The molecule has 58 valence electrons. The summed E-state index contributed by atoms with van der Waals surface area (Å²) in [7, 11) is 2.12. The van der Waals surface area contributed by atoms with E-state index < -0.39 is 0 Å². The number of rotatable bonds is 3. The lowest BCUT2D eigenvalue weighted by atomic mass is 10.3. The van der Waals surface area contributed by atoms with Crippen molar-refractivity contribution in [3.63, 3.8) is 0 Å². The molecule has 0 radical (unpaired) electrons. The van der Waals surface area contributed by atoms with E-state index in [-0.39, 0.29) is 0 Å². The fraction of sp³-hybridized carbons (Fsp3) is 0.750. The Hall–Kier alpha value is -0.340. The van der Waals surface area contributed by atoms with E-state index in [0.717, 1.165) is 6.54 Å². The van der Waals surface area contributed by atoms with Gasteiger partial charge in [-0.25, -0.2) is 0 Å². The van der Waals surface area contributed by atoms with Gasteiger partial charge < -0.3 is 9.64 Å². The van der Waals surface area contributed by atoms with Gasteiger partial charge in [0.2, 0.25) is 0 Å². The topological polar surface area (TPSA) is 12.5 Å². The molecular formula is C8H15NO. The minimum absolute atomic E-state index is 0.447. The molecule has 0 amide bonds. The van der Waals surface area contributed by atoms with Gasteiger partial charge in [-0.3, -0.25) is 0 Å². The number of hydrogen-bond donors (Lipinski definition) is 0. The number of hydrogen-bond acceptors (Lipinski definition) is 2. The predicted molar refractivity (Wildman–Crippen MR) is 42.1 cm³/mol. The van der Waals surface area contributed by atoms with Crippen molar-refractivity contribution in [1.29, 1.82) is 0 Å². The van der Waals surface area contributed by atoms with Gasteiger partial charge in [0.1, 0.15) is 0 Å². The first-order valence-corrected chi connectivity index (χ1v) is 3.74. The molecule has 0 aromatic heterocycles. The maximum absolute atomic E-state index is 5.46. The third-order valence-corrected chi connectivity index (χ3v) is 1.80. The summed E-state index contributed by atoms with van der Waals surface area (Å²) in [5.41, 5.74) is 0. The zero-order valence-corrected chi connectivity index (χ0v) is 6.55. The van der Waals surface area contributed by atoms with Gasteiger partial charge in [-0.05, 0) is 13.5 Å². The second kappa shape index (κ2) is 3.74. The fourth-order valence-electron chi connectivity index (χ4n) is 1.23. The summed E-state index contributed by atoms with van der Waals surface area (Å²) >= 11 is 0. The van der Waals surface area contributed by atoms with E-state index in [2.05, 4.69) is 18.5 Å². The zero-order valence-electron chi connectivity index (χ0n) is 6.55. The van der Waals surface area contributed by atoms with Crippen LogP contribution in [0.2, 0.25) is 0 Å². The SMILES string of the molecule is C=CCOC1CCN(C)C1. The van der Waals surface area contributed by atoms with Crippen LogP contribution in [0.4, 0.5) is 0 Å². The average Bonchev–Trinajstić information content (AvgIpc) is 2.31. The predicted octanol–water partition coefficient (Wildman–Crippen LogP) is 0.893. The molecule has 1 rings (SSSR count). The van der Waals surface area contributed by atoms with E-state index in [1.54, 1.807) is 6.08 Å². The van der Waals surface area contributed by atoms with Crippen LogP contribution in [0.5, 0.6) is 0 Å². The van der Waals surface area contributed by atoms with Crippen molar-refractivity contribution in [2.75, 3.05) is 26.7 Å². The lowest BCUT2D eigenvalue weighted by Gasteiger charge is -2.09. The normalized spacial score (nSPS) is 27.1. The molecule has 1 atom stereocenters. The molecule has 0 bridgehead atoms. The second-order valence-corrected chi connectivity index (χ2v) is 2.79. The molecule has 1 saturated heterocycles. The Morgan fingerprint density at radius 3 is 3.10 bits per heavy atom. The summed E-state index contributed by atoms with van der Waals surface area (Å²) in [5, 5.41) is 0. The van der Waals surface area contributed by atoms with Crippen LogP contribution >= 0.6 is 0 Å². The van der Waals surface area contributed by atoms with Gasteiger partial charge in [-0.1, -0.05) is 6.08 Å². The summed E-state index contributed by atoms with van der Waals surface area (Å²) in [4.78, 5) is 2.29.